The van der Waals surface area contributed by atoms with Crippen molar-refractivity contribution < 1.29 is 0 Å². The highest BCUT2D eigenvalue weighted by atomic mass is 15.3. The molecule has 1 fully saturated rings. The number of aryl methyl sites for hydroxylation is 1. The SMILES string of the molecule is Bc1nc(NC(=C)c2ccnc(N3CCN(C(C)C)CC3)c2)cc2cc(-c3cnn(C)c3)ccc12. The molecule has 178 valence electrons. The summed E-state index contributed by atoms with van der Waals surface area (Å²) in [6, 6.07) is 13.2. The van der Waals surface area contributed by atoms with Gasteiger partial charge in [-0.3, -0.25) is 9.58 Å². The molecule has 0 saturated carbocycles. The van der Waals surface area contributed by atoms with Crippen LogP contribution in [0.1, 0.15) is 19.4 Å². The molecule has 0 bridgehead atoms. The Morgan fingerprint density at radius 3 is 2.57 bits per heavy atom. The van der Waals surface area contributed by atoms with Gasteiger partial charge < -0.3 is 10.2 Å². The van der Waals surface area contributed by atoms with Crippen LogP contribution in [0, 0.1) is 0 Å². The summed E-state index contributed by atoms with van der Waals surface area (Å²) in [6.45, 7) is 12.9. The summed E-state index contributed by atoms with van der Waals surface area (Å²) in [5.41, 5.74) is 5.04. The molecule has 0 spiro atoms. The van der Waals surface area contributed by atoms with Crippen LogP contribution in [0.4, 0.5) is 11.6 Å². The molecule has 7 nitrogen and oxygen atoms in total. The van der Waals surface area contributed by atoms with Gasteiger partial charge in [0, 0.05) is 74.1 Å². The predicted molar refractivity (Wildman–Crippen MR) is 148 cm³/mol. The monoisotopic (exact) mass is 465 g/mol. The zero-order valence-electron chi connectivity index (χ0n) is 21.0. The van der Waals surface area contributed by atoms with Crippen molar-refractivity contribution in [2.45, 2.75) is 19.9 Å². The average Bonchev–Trinajstić information content (AvgIpc) is 3.30. The topological polar surface area (TPSA) is 62.1 Å². The maximum Gasteiger partial charge on any atom is 0.164 e. The Balaban J connectivity index is 1.35. The van der Waals surface area contributed by atoms with E-state index < -0.39 is 0 Å². The van der Waals surface area contributed by atoms with Crippen molar-refractivity contribution in [1.29, 1.82) is 0 Å². The Kier molecular flexibility index (Phi) is 6.30. The van der Waals surface area contributed by atoms with Gasteiger partial charge in [-0.25, -0.2) is 9.97 Å². The molecule has 4 aromatic rings. The highest BCUT2D eigenvalue weighted by Crippen LogP contribution is 2.26. The molecule has 0 unspecified atom stereocenters. The molecule has 1 aliphatic heterocycles. The first-order valence-corrected chi connectivity index (χ1v) is 12.2. The van der Waals surface area contributed by atoms with Gasteiger partial charge in [0.15, 0.2) is 7.85 Å². The molecule has 8 heteroatoms. The van der Waals surface area contributed by atoms with E-state index in [1.165, 1.54) is 0 Å². The molecule has 5 rings (SSSR count). The van der Waals surface area contributed by atoms with Gasteiger partial charge in [0.05, 0.1) is 6.20 Å². The number of benzene rings is 1. The molecule has 1 N–H and O–H groups in total. The molecule has 0 atom stereocenters. The van der Waals surface area contributed by atoms with Crippen molar-refractivity contribution in [1.82, 2.24) is 24.6 Å². The van der Waals surface area contributed by atoms with Crippen LogP contribution < -0.4 is 15.8 Å². The molecule has 3 aromatic heterocycles. The van der Waals surface area contributed by atoms with E-state index in [0.29, 0.717) is 6.04 Å². The molecule has 1 aliphatic rings. The standard InChI is InChI=1S/C27H32BN7/c1-18(2)34-9-11-35(12-10-34)26-15-20(7-8-29-26)19(3)31-25-14-22-13-21(23-16-30-33(4)17-23)5-6-24(22)27(28)32-25/h5-8,13-18H,3,9-12,28H2,1-2,4H3,(H,31,32). The number of rotatable bonds is 6. The summed E-state index contributed by atoms with van der Waals surface area (Å²) >= 11 is 0. The lowest BCUT2D eigenvalue weighted by atomic mass is 9.94. The van der Waals surface area contributed by atoms with Gasteiger partial charge in [0.1, 0.15) is 11.6 Å². The van der Waals surface area contributed by atoms with Crippen molar-refractivity contribution in [3.63, 3.8) is 0 Å². The third-order valence-electron chi connectivity index (χ3n) is 6.80. The van der Waals surface area contributed by atoms with E-state index in [4.69, 9.17) is 4.98 Å². The Morgan fingerprint density at radius 1 is 1.06 bits per heavy atom. The van der Waals surface area contributed by atoms with Crippen LogP contribution in [0.2, 0.25) is 0 Å². The van der Waals surface area contributed by atoms with Crippen LogP contribution in [0.3, 0.4) is 0 Å². The molecule has 35 heavy (non-hydrogen) atoms. The molecule has 1 saturated heterocycles. The smallest absolute Gasteiger partial charge is 0.164 e. The maximum absolute atomic E-state index is 4.79. The normalized spacial score (nSPS) is 14.6. The van der Waals surface area contributed by atoms with Crippen LogP contribution in [-0.2, 0) is 7.05 Å². The first kappa shape index (κ1) is 23.1. The molecular weight excluding hydrogens is 433 g/mol. The Morgan fingerprint density at radius 2 is 1.86 bits per heavy atom. The van der Waals surface area contributed by atoms with Gasteiger partial charge in [-0.1, -0.05) is 18.7 Å². The fraction of sp³-hybridized carbons (Fsp3) is 0.296. The van der Waals surface area contributed by atoms with E-state index in [0.717, 1.165) is 76.6 Å². The molecular formula is C27H32BN7. The van der Waals surface area contributed by atoms with Crippen LogP contribution in [0.15, 0.2) is 61.6 Å². The number of nitrogens with one attached hydrogen (secondary N) is 1. The van der Waals surface area contributed by atoms with E-state index in [9.17, 15) is 0 Å². The minimum atomic E-state index is 0.582. The van der Waals surface area contributed by atoms with E-state index in [-0.39, 0.29) is 0 Å². The number of hydrogen-bond donors (Lipinski definition) is 1. The summed E-state index contributed by atoms with van der Waals surface area (Å²) in [5, 5.41) is 10.0. The summed E-state index contributed by atoms with van der Waals surface area (Å²) in [6.07, 6.45) is 5.78. The lowest BCUT2D eigenvalue weighted by Gasteiger charge is -2.37. The highest BCUT2D eigenvalue weighted by Gasteiger charge is 2.20. The second-order valence-corrected chi connectivity index (χ2v) is 9.55. The Hall–Kier alpha value is -3.65. The lowest BCUT2D eigenvalue weighted by molar-refractivity contribution is 0.209. The zero-order valence-corrected chi connectivity index (χ0v) is 21.0. The first-order chi connectivity index (χ1) is 16.9. The fourth-order valence-corrected chi connectivity index (χ4v) is 4.72. The second-order valence-electron chi connectivity index (χ2n) is 9.55. The Bertz CT molecular complexity index is 1370. The second kappa shape index (κ2) is 9.54. The zero-order chi connectivity index (χ0) is 24.5. The molecule has 1 aromatic carbocycles. The number of pyridine rings is 2. The van der Waals surface area contributed by atoms with E-state index >= 15 is 0 Å². The third kappa shape index (κ3) is 4.93. The largest absolute Gasteiger partial charge is 0.354 e. The third-order valence-corrected chi connectivity index (χ3v) is 6.80. The van der Waals surface area contributed by atoms with Gasteiger partial charge >= 0.3 is 0 Å². The van der Waals surface area contributed by atoms with Gasteiger partial charge in [0.25, 0.3) is 0 Å². The van der Waals surface area contributed by atoms with Gasteiger partial charge in [-0.2, -0.15) is 5.10 Å². The first-order valence-electron chi connectivity index (χ1n) is 12.2. The quantitative estimate of drug-likeness (QED) is 0.442. The number of fused-ring (bicyclic) bond motifs is 1. The van der Waals surface area contributed by atoms with Crippen molar-refractivity contribution in [2.75, 3.05) is 36.4 Å². The van der Waals surface area contributed by atoms with Crippen molar-refractivity contribution in [3.05, 3.63) is 67.1 Å². The number of nitrogens with zero attached hydrogens (tertiary/aromatic N) is 6. The van der Waals surface area contributed by atoms with Crippen molar-refractivity contribution >= 4 is 41.5 Å². The number of anilines is 2. The number of aromatic nitrogens is 4. The Labute approximate surface area is 207 Å². The summed E-state index contributed by atoms with van der Waals surface area (Å²) < 4.78 is 1.82. The predicted octanol–water partition coefficient (Wildman–Crippen LogP) is 2.90. The van der Waals surface area contributed by atoms with Crippen LogP contribution in [0.25, 0.3) is 27.6 Å². The number of piperazine rings is 1. The molecule has 0 aliphatic carbocycles. The highest BCUT2D eigenvalue weighted by molar-refractivity contribution is 6.37. The molecule has 4 heterocycles. The minimum absolute atomic E-state index is 0.582. The number of hydrogen-bond acceptors (Lipinski definition) is 6. The van der Waals surface area contributed by atoms with Crippen LogP contribution >= 0.6 is 0 Å². The lowest BCUT2D eigenvalue weighted by Crippen LogP contribution is -2.49. The average molecular weight is 465 g/mol. The van der Waals surface area contributed by atoms with E-state index in [1.807, 2.05) is 44.2 Å². The molecule has 0 amide bonds. The van der Waals surface area contributed by atoms with Gasteiger partial charge in [-0.15, -0.1) is 0 Å². The van der Waals surface area contributed by atoms with Crippen LogP contribution in [0.5, 0.6) is 0 Å². The van der Waals surface area contributed by atoms with Gasteiger partial charge in [-0.05, 0) is 54.4 Å². The summed E-state index contributed by atoms with van der Waals surface area (Å²) in [5.74, 6) is 1.78. The van der Waals surface area contributed by atoms with Crippen molar-refractivity contribution in [3.8, 4) is 11.1 Å². The summed E-state index contributed by atoms with van der Waals surface area (Å²) in [4.78, 5) is 14.3. The van der Waals surface area contributed by atoms with Crippen molar-refractivity contribution in [2.24, 2.45) is 7.05 Å². The van der Waals surface area contributed by atoms with E-state index in [1.54, 1.807) is 0 Å². The van der Waals surface area contributed by atoms with E-state index in [2.05, 4.69) is 76.0 Å². The van der Waals surface area contributed by atoms with Crippen LogP contribution in [-0.4, -0.2) is 64.7 Å². The summed E-state index contributed by atoms with van der Waals surface area (Å²) in [7, 11) is 3.98. The fourth-order valence-electron chi connectivity index (χ4n) is 4.72. The molecule has 0 radical (unpaired) electrons. The minimum Gasteiger partial charge on any atom is -0.354 e. The maximum atomic E-state index is 4.79. The van der Waals surface area contributed by atoms with Gasteiger partial charge in [0.2, 0.25) is 0 Å².